The number of carbonyl (C=O) groups is 1. The van der Waals surface area contributed by atoms with Crippen LogP contribution in [-0.2, 0) is 4.74 Å². The summed E-state index contributed by atoms with van der Waals surface area (Å²) in [6.45, 7) is -0.871. The van der Waals surface area contributed by atoms with Crippen LogP contribution in [0.25, 0.3) is 0 Å². The van der Waals surface area contributed by atoms with Gasteiger partial charge in [0.25, 0.3) is 0 Å². The van der Waals surface area contributed by atoms with E-state index in [9.17, 15) is 13.6 Å². The van der Waals surface area contributed by atoms with Crippen LogP contribution in [0.5, 0.6) is 5.75 Å². The number of hydrogen-bond acceptors (Lipinski definition) is 3. The molecule has 0 radical (unpaired) electrons. The van der Waals surface area contributed by atoms with Gasteiger partial charge in [-0.2, -0.15) is 8.78 Å². The van der Waals surface area contributed by atoms with Crippen molar-refractivity contribution in [2.45, 2.75) is 19.6 Å². The first-order valence-electron chi connectivity index (χ1n) is 5.06. The summed E-state index contributed by atoms with van der Waals surface area (Å²) in [4.78, 5) is 10.9. The average molecular weight is 243 g/mol. The first-order valence-corrected chi connectivity index (χ1v) is 5.06. The van der Waals surface area contributed by atoms with E-state index < -0.39 is 18.8 Å². The van der Waals surface area contributed by atoms with E-state index in [-0.39, 0.29) is 5.75 Å². The molecule has 1 saturated heterocycles. The highest BCUT2D eigenvalue weighted by Gasteiger charge is 2.24. The highest BCUT2D eigenvalue weighted by Crippen LogP contribution is 2.28. The minimum Gasteiger partial charge on any atom is -0.439 e. The van der Waals surface area contributed by atoms with Gasteiger partial charge in [-0.3, -0.25) is 0 Å². The number of amides is 1. The molecule has 0 aliphatic carbocycles. The van der Waals surface area contributed by atoms with Crippen LogP contribution in [-0.4, -0.2) is 19.2 Å². The van der Waals surface area contributed by atoms with Gasteiger partial charge in [0.2, 0.25) is 0 Å². The average Bonchev–Trinajstić information content (AvgIpc) is 2.67. The Bertz CT molecular complexity index is 437. The van der Waals surface area contributed by atoms with Crippen LogP contribution >= 0.6 is 0 Å². The lowest BCUT2D eigenvalue weighted by Gasteiger charge is -2.12. The van der Waals surface area contributed by atoms with Gasteiger partial charge in [-0.15, -0.1) is 0 Å². The molecule has 1 heterocycles. The number of nitrogens with one attached hydrogen (secondary N) is 1. The molecule has 17 heavy (non-hydrogen) atoms. The highest BCUT2D eigenvalue weighted by atomic mass is 19.3. The third-order valence-corrected chi connectivity index (χ3v) is 2.48. The van der Waals surface area contributed by atoms with Crippen molar-refractivity contribution < 1.29 is 23.0 Å². The number of benzene rings is 1. The summed E-state index contributed by atoms with van der Waals surface area (Å²) in [5.74, 6) is 0.0976. The van der Waals surface area contributed by atoms with Crippen LogP contribution in [0.15, 0.2) is 18.2 Å². The molecule has 0 bridgehead atoms. The van der Waals surface area contributed by atoms with Gasteiger partial charge in [0.1, 0.15) is 11.9 Å². The number of rotatable bonds is 3. The Morgan fingerprint density at radius 3 is 2.88 bits per heavy atom. The molecule has 1 aliphatic rings. The molecule has 1 aliphatic heterocycles. The van der Waals surface area contributed by atoms with Gasteiger partial charge < -0.3 is 14.8 Å². The van der Waals surface area contributed by atoms with Crippen LogP contribution in [0.1, 0.15) is 17.2 Å². The number of aryl methyl sites for hydroxylation is 1. The van der Waals surface area contributed by atoms with Gasteiger partial charge in [-0.25, -0.2) is 4.79 Å². The van der Waals surface area contributed by atoms with E-state index >= 15 is 0 Å². The lowest BCUT2D eigenvalue weighted by atomic mass is 10.1. The maximum absolute atomic E-state index is 12.2. The van der Waals surface area contributed by atoms with Gasteiger partial charge in [0.05, 0.1) is 6.54 Å². The summed E-state index contributed by atoms with van der Waals surface area (Å²) in [5, 5.41) is 2.49. The maximum atomic E-state index is 12.2. The standard InChI is InChI=1S/C11H11F2NO3/c1-6-2-3-7(4-8(6)16-10(12)13)9-5-14-11(15)17-9/h2-4,9-10H,5H2,1H3,(H,14,15). The Kier molecular flexibility index (Phi) is 3.12. The Morgan fingerprint density at radius 2 is 2.29 bits per heavy atom. The number of alkyl halides is 2. The second-order valence-corrected chi connectivity index (χ2v) is 3.68. The van der Waals surface area contributed by atoms with Gasteiger partial charge in [0, 0.05) is 0 Å². The molecule has 1 unspecified atom stereocenters. The van der Waals surface area contributed by atoms with E-state index in [4.69, 9.17) is 4.74 Å². The fourth-order valence-corrected chi connectivity index (χ4v) is 1.61. The molecule has 2 rings (SSSR count). The monoisotopic (exact) mass is 243 g/mol. The van der Waals surface area contributed by atoms with Crippen molar-refractivity contribution >= 4 is 6.09 Å². The predicted octanol–water partition coefficient (Wildman–Crippen LogP) is 2.38. The zero-order chi connectivity index (χ0) is 12.4. The third kappa shape index (κ3) is 2.64. The Hall–Kier alpha value is -1.85. The van der Waals surface area contributed by atoms with E-state index in [1.165, 1.54) is 6.07 Å². The van der Waals surface area contributed by atoms with E-state index in [1.807, 2.05) is 0 Å². The van der Waals surface area contributed by atoms with Gasteiger partial charge >= 0.3 is 12.7 Å². The van der Waals surface area contributed by atoms with Crippen LogP contribution in [0.2, 0.25) is 0 Å². The number of ether oxygens (including phenoxy) is 2. The van der Waals surface area contributed by atoms with Crippen molar-refractivity contribution in [2.75, 3.05) is 6.54 Å². The fourth-order valence-electron chi connectivity index (χ4n) is 1.61. The maximum Gasteiger partial charge on any atom is 0.407 e. The lowest BCUT2D eigenvalue weighted by Crippen LogP contribution is -2.12. The molecule has 1 fully saturated rings. The Morgan fingerprint density at radius 1 is 1.53 bits per heavy atom. The van der Waals surface area contributed by atoms with E-state index in [2.05, 4.69) is 10.1 Å². The van der Waals surface area contributed by atoms with Crippen molar-refractivity contribution in [1.82, 2.24) is 5.32 Å². The second kappa shape index (κ2) is 4.57. The quantitative estimate of drug-likeness (QED) is 0.886. The fraction of sp³-hybridized carbons (Fsp3) is 0.364. The minimum atomic E-state index is -2.87. The SMILES string of the molecule is Cc1ccc(C2CNC(=O)O2)cc1OC(F)F. The number of cyclic esters (lactones) is 1. The molecule has 1 aromatic rings. The zero-order valence-electron chi connectivity index (χ0n) is 9.07. The molecule has 1 aromatic carbocycles. The summed E-state index contributed by atoms with van der Waals surface area (Å²) >= 11 is 0. The summed E-state index contributed by atoms with van der Waals surface area (Å²) < 4.78 is 33.6. The van der Waals surface area contributed by atoms with Crippen molar-refractivity contribution in [3.8, 4) is 5.75 Å². The first kappa shape index (κ1) is 11.6. The zero-order valence-corrected chi connectivity index (χ0v) is 9.07. The van der Waals surface area contributed by atoms with E-state index in [0.29, 0.717) is 17.7 Å². The summed E-state index contributed by atoms with van der Waals surface area (Å²) in [6, 6.07) is 4.84. The molecule has 0 saturated carbocycles. The van der Waals surface area contributed by atoms with Crippen molar-refractivity contribution in [3.05, 3.63) is 29.3 Å². The van der Waals surface area contributed by atoms with Crippen molar-refractivity contribution in [1.29, 1.82) is 0 Å². The lowest BCUT2D eigenvalue weighted by molar-refractivity contribution is -0.0504. The minimum absolute atomic E-state index is 0.0976. The molecule has 1 amide bonds. The molecule has 92 valence electrons. The van der Waals surface area contributed by atoms with Gasteiger partial charge in [-0.05, 0) is 24.1 Å². The van der Waals surface area contributed by atoms with Crippen molar-refractivity contribution in [3.63, 3.8) is 0 Å². The molecule has 6 heteroatoms. The molecular weight excluding hydrogens is 232 g/mol. The molecule has 1 N–H and O–H groups in total. The number of carbonyl (C=O) groups excluding carboxylic acids is 1. The molecule has 0 aromatic heterocycles. The van der Waals surface area contributed by atoms with Crippen LogP contribution in [0, 0.1) is 6.92 Å². The Labute approximate surface area is 96.5 Å². The summed E-state index contributed by atoms with van der Waals surface area (Å²) in [6.07, 6.45) is -0.963. The number of halogens is 2. The summed E-state index contributed by atoms with van der Waals surface area (Å²) in [5.41, 5.74) is 1.23. The number of alkyl carbamates (subject to hydrolysis) is 1. The normalized spacial score (nSPS) is 19.1. The third-order valence-electron chi connectivity index (χ3n) is 2.48. The molecule has 0 spiro atoms. The predicted molar refractivity (Wildman–Crippen MR) is 55.0 cm³/mol. The topological polar surface area (TPSA) is 47.6 Å². The smallest absolute Gasteiger partial charge is 0.407 e. The van der Waals surface area contributed by atoms with E-state index in [0.717, 1.165) is 0 Å². The van der Waals surface area contributed by atoms with Gasteiger partial charge in [-0.1, -0.05) is 12.1 Å². The van der Waals surface area contributed by atoms with Crippen LogP contribution in [0.3, 0.4) is 0 Å². The Balaban J connectivity index is 2.21. The second-order valence-electron chi connectivity index (χ2n) is 3.68. The highest BCUT2D eigenvalue weighted by molar-refractivity contribution is 5.69. The van der Waals surface area contributed by atoms with E-state index in [1.54, 1.807) is 19.1 Å². The largest absolute Gasteiger partial charge is 0.439 e. The molecular formula is C11H11F2NO3. The van der Waals surface area contributed by atoms with Crippen molar-refractivity contribution in [2.24, 2.45) is 0 Å². The summed E-state index contributed by atoms with van der Waals surface area (Å²) in [7, 11) is 0. The molecule has 4 nitrogen and oxygen atoms in total. The number of hydrogen-bond donors (Lipinski definition) is 1. The first-order chi connectivity index (χ1) is 8.06. The molecule has 1 atom stereocenters. The van der Waals surface area contributed by atoms with Crippen LogP contribution in [0.4, 0.5) is 13.6 Å². The van der Waals surface area contributed by atoms with Gasteiger partial charge in [0.15, 0.2) is 0 Å². The van der Waals surface area contributed by atoms with Crippen LogP contribution < -0.4 is 10.1 Å².